The van der Waals surface area contributed by atoms with Crippen molar-refractivity contribution in [3.63, 3.8) is 0 Å². The molecule has 1 N–H and O–H groups in total. The molecule has 0 bridgehead atoms. The van der Waals surface area contributed by atoms with Crippen molar-refractivity contribution in [2.45, 2.75) is 25.8 Å². The zero-order valence-electron chi connectivity index (χ0n) is 14.7. The molecule has 140 valence electrons. The smallest absolute Gasteiger partial charge is 0.409 e. The van der Waals surface area contributed by atoms with E-state index in [0.29, 0.717) is 38.2 Å². The maximum absolute atomic E-state index is 11.9. The fourth-order valence-corrected chi connectivity index (χ4v) is 2.50. The van der Waals surface area contributed by atoms with Gasteiger partial charge in [-0.3, -0.25) is 9.78 Å². The first-order valence-electron chi connectivity index (χ1n) is 8.55. The van der Waals surface area contributed by atoms with Gasteiger partial charge in [0.2, 0.25) is 0 Å². The lowest BCUT2D eigenvalue weighted by atomic mass is 10.1. The highest BCUT2D eigenvalue weighted by molar-refractivity contribution is 5.89. The van der Waals surface area contributed by atoms with Crippen LogP contribution in [0.5, 0.6) is 0 Å². The monoisotopic (exact) mass is 361 g/mol. The number of hydrogen-bond donors (Lipinski definition) is 1. The summed E-state index contributed by atoms with van der Waals surface area (Å²) in [6.07, 6.45) is 5.31. The van der Waals surface area contributed by atoms with E-state index >= 15 is 0 Å². The average molecular weight is 361 g/mol. The number of amides is 2. The molecule has 1 fully saturated rings. The van der Waals surface area contributed by atoms with Crippen LogP contribution in [0.1, 0.15) is 25.5 Å². The topological polar surface area (TPSA) is 97.8 Å². The molecule has 1 aromatic rings. The number of carbonyl (C=O) groups is 3. The van der Waals surface area contributed by atoms with Gasteiger partial charge in [-0.15, -0.1) is 0 Å². The van der Waals surface area contributed by atoms with Crippen LogP contribution in [0.2, 0.25) is 0 Å². The number of nitrogens with zero attached hydrogens (tertiary/aromatic N) is 2. The Bertz CT molecular complexity index is 639. The molecule has 0 aromatic carbocycles. The van der Waals surface area contributed by atoms with Gasteiger partial charge in [0.1, 0.15) is 0 Å². The Morgan fingerprint density at radius 3 is 2.69 bits per heavy atom. The van der Waals surface area contributed by atoms with Gasteiger partial charge in [-0.25, -0.2) is 9.59 Å². The van der Waals surface area contributed by atoms with E-state index in [2.05, 4.69) is 10.3 Å². The zero-order valence-corrected chi connectivity index (χ0v) is 14.7. The van der Waals surface area contributed by atoms with Gasteiger partial charge in [0.05, 0.1) is 12.3 Å². The molecule has 1 aromatic heterocycles. The molecule has 2 rings (SSSR count). The predicted octanol–water partition coefficient (Wildman–Crippen LogP) is 1.38. The van der Waals surface area contributed by atoms with Crippen LogP contribution in [0, 0.1) is 0 Å². The summed E-state index contributed by atoms with van der Waals surface area (Å²) in [5, 5.41) is 2.81. The van der Waals surface area contributed by atoms with Crippen molar-refractivity contribution >= 4 is 24.0 Å². The summed E-state index contributed by atoms with van der Waals surface area (Å²) in [6, 6.07) is 5.28. The van der Waals surface area contributed by atoms with E-state index in [9.17, 15) is 14.4 Å². The molecular weight excluding hydrogens is 338 g/mol. The molecule has 0 aliphatic carbocycles. The van der Waals surface area contributed by atoms with Crippen LogP contribution in [0.15, 0.2) is 30.5 Å². The minimum absolute atomic E-state index is 0.0454. The highest BCUT2D eigenvalue weighted by Gasteiger charge is 2.24. The number of esters is 1. The highest BCUT2D eigenvalue weighted by atomic mass is 16.6. The third-order valence-electron chi connectivity index (χ3n) is 3.81. The van der Waals surface area contributed by atoms with E-state index in [4.69, 9.17) is 9.47 Å². The van der Waals surface area contributed by atoms with E-state index in [-0.39, 0.29) is 24.6 Å². The molecule has 0 atom stereocenters. The Kier molecular flexibility index (Phi) is 7.60. The van der Waals surface area contributed by atoms with Crippen LogP contribution in [0.25, 0.3) is 6.08 Å². The Labute approximate surface area is 152 Å². The van der Waals surface area contributed by atoms with Crippen molar-refractivity contribution in [2.75, 3.05) is 26.3 Å². The van der Waals surface area contributed by atoms with E-state index in [1.54, 1.807) is 36.2 Å². The quantitative estimate of drug-likeness (QED) is 0.607. The predicted molar refractivity (Wildman–Crippen MR) is 94.0 cm³/mol. The molecule has 1 aliphatic heterocycles. The van der Waals surface area contributed by atoms with Gasteiger partial charge >= 0.3 is 12.1 Å². The number of rotatable bonds is 6. The van der Waals surface area contributed by atoms with Gasteiger partial charge in [0.25, 0.3) is 5.91 Å². The zero-order chi connectivity index (χ0) is 18.8. The Hall–Kier alpha value is -2.90. The first kappa shape index (κ1) is 19.4. The number of likely N-dealkylation sites (tertiary alicyclic amines) is 1. The van der Waals surface area contributed by atoms with Crippen molar-refractivity contribution < 1.29 is 23.9 Å². The molecule has 2 heterocycles. The standard InChI is InChI=1S/C18H23N3O5/c1-2-25-18(24)21-11-8-15(9-12-21)20-16(22)13-26-17(23)7-6-14-5-3-4-10-19-14/h3-7,10,15H,2,8-9,11-13H2,1H3,(H,20,22). The fraction of sp³-hybridized carbons (Fsp3) is 0.444. The summed E-state index contributed by atoms with van der Waals surface area (Å²) in [5.74, 6) is -0.970. The maximum atomic E-state index is 11.9. The summed E-state index contributed by atoms with van der Waals surface area (Å²) >= 11 is 0. The van der Waals surface area contributed by atoms with Crippen LogP contribution in [0.3, 0.4) is 0 Å². The number of hydrogen-bond acceptors (Lipinski definition) is 6. The van der Waals surface area contributed by atoms with Gasteiger partial charge in [-0.1, -0.05) is 6.07 Å². The number of ether oxygens (including phenoxy) is 2. The first-order valence-corrected chi connectivity index (χ1v) is 8.55. The molecule has 0 saturated carbocycles. The number of piperidine rings is 1. The second-order valence-corrected chi connectivity index (χ2v) is 5.72. The summed E-state index contributed by atoms with van der Waals surface area (Å²) < 4.78 is 9.86. The third-order valence-corrected chi connectivity index (χ3v) is 3.81. The first-order chi connectivity index (χ1) is 12.6. The van der Waals surface area contributed by atoms with Gasteiger partial charge in [-0.2, -0.15) is 0 Å². The highest BCUT2D eigenvalue weighted by Crippen LogP contribution is 2.11. The summed E-state index contributed by atoms with van der Waals surface area (Å²) in [6.45, 7) is 2.81. The van der Waals surface area contributed by atoms with E-state index < -0.39 is 5.97 Å². The van der Waals surface area contributed by atoms with Crippen LogP contribution in [-0.2, 0) is 19.1 Å². The third kappa shape index (κ3) is 6.54. The Balaban J connectivity index is 1.65. The van der Waals surface area contributed by atoms with Crippen LogP contribution in [0.4, 0.5) is 4.79 Å². The van der Waals surface area contributed by atoms with Crippen LogP contribution < -0.4 is 5.32 Å². The molecule has 8 heteroatoms. The van der Waals surface area contributed by atoms with Crippen LogP contribution in [-0.4, -0.2) is 60.2 Å². The Morgan fingerprint density at radius 2 is 2.04 bits per heavy atom. The number of pyridine rings is 1. The number of carbonyl (C=O) groups excluding carboxylic acids is 3. The molecule has 0 radical (unpaired) electrons. The van der Waals surface area contributed by atoms with Crippen molar-refractivity contribution in [3.05, 3.63) is 36.2 Å². The lowest BCUT2D eigenvalue weighted by molar-refractivity contribution is -0.144. The van der Waals surface area contributed by atoms with E-state index in [1.807, 2.05) is 0 Å². The summed E-state index contributed by atoms with van der Waals surface area (Å²) in [4.78, 5) is 40.8. The molecular formula is C18H23N3O5. The SMILES string of the molecule is CCOC(=O)N1CCC(NC(=O)COC(=O)C=Cc2ccccn2)CC1. The molecule has 26 heavy (non-hydrogen) atoms. The maximum Gasteiger partial charge on any atom is 0.409 e. The molecule has 8 nitrogen and oxygen atoms in total. The van der Waals surface area contributed by atoms with Crippen molar-refractivity contribution in [1.29, 1.82) is 0 Å². The lowest BCUT2D eigenvalue weighted by Crippen LogP contribution is -2.47. The summed E-state index contributed by atoms with van der Waals surface area (Å²) in [5.41, 5.74) is 0.627. The van der Waals surface area contributed by atoms with E-state index in [1.165, 1.54) is 12.2 Å². The minimum atomic E-state index is -0.608. The van der Waals surface area contributed by atoms with Crippen LogP contribution >= 0.6 is 0 Å². The van der Waals surface area contributed by atoms with Gasteiger partial charge in [0.15, 0.2) is 6.61 Å². The molecule has 0 spiro atoms. The van der Waals surface area contributed by atoms with Crippen molar-refractivity contribution in [2.24, 2.45) is 0 Å². The normalized spacial score (nSPS) is 14.9. The van der Waals surface area contributed by atoms with Crippen molar-refractivity contribution in [1.82, 2.24) is 15.2 Å². The fourth-order valence-electron chi connectivity index (χ4n) is 2.50. The average Bonchev–Trinajstić information content (AvgIpc) is 2.66. The molecule has 1 saturated heterocycles. The van der Waals surface area contributed by atoms with E-state index in [0.717, 1.165) is 0 Å². The van der Waals surface area contributed by atoms with Crippen molar-refractivity contribution in [3.8, 4) is 0 Å². The largest absolute Gasteiger partial charge is 0.452 e. The number of aromatic nitrogens is 1. The second-order valence-electron chi connectivity index (χ2n) is 5.72. The molecule has 1 aliphatic rings. The Morgan fingerprint density at radius 1 is 1.27 bits per heavy atom. The second kappa shape index (κ2) is 10.2. The molecule has 0 unspecified atom stereocenters. The van der Waals surface area contributed by atoms with Gasteiger partial charge in [0, 0.05) is 31.4 Å². The van der Waals surface area contributed by atoms with Gasteiger partial charge < -0.3 is 19.7 Å². The van der Waals surface area contributed by atoms with Gasteiger partial charge in [-0.05, 0) is 38.0 Å². The molecule has 2 amide bonds. The lowest BCUT2D eigenvalue weighted by Gasteiger charge is -2.31. The number of nitrogens with one attached hydrogen (secondary N) is 1. The summed E-state index contributed by atoms with van der Waals surface area (Å²) in [7, 11) is 0. The minimum Gasteiger partial charge on any atom is -0.452 e.